The third-order valence-electron chi connectivity index (χ3n) is 10.00. The normalized spacial score (nSPS) is 19.2. The molecule has 1 amide bonds. The van der Waals surface area contributed by atoms with Crippen molar-refractivity contribution in [2.24, 2.45) is 0 Å². The average molecular weight is 653 g/mol. The van der Waals surface area contributed by atoms with Crippen LogP contribution in [0.2, 0.25) is 0 Å². The Hall–Kier alpha value is -4.40. The van der Waals surface area contributed by atoms with E-state index in [0.29, 0.717) is 65.4 Å². The van der Waals surface area contributed by atoms with E-state index in [9.17, 15) is 4.79 Å². The summed E-state index contributed by atoms with van der Waals surface area (Å²) in [5.74, 6) is 5.46. The lowest BCUT2D eigenvalue weighted by Gasteiger charge is -2.40. The Morgan fingerprint density at radius 2 is 1.51 bits per heavy atom. The molecule has 4 aromatic rings. The summed E-state index contributed by atoms with van der Waals surface area (Å²) >= 11 is 6.09. The number of likely N-dealkylation sites (N-methyl/N-ethyl adjacent to an activating group) is 1. The largest absolute Gasteiger partial charge is 0.493 e. The van der Waals surface area contributed by atoms with E-state index in [1.165, 1.54) is 11.1 Å². The topological polar surface area (TPSA) is 69.7 Å². The van der Waals surface area contributed by atoms with Crippen LogP contribution in [0.1, 0.15) is 51.9 Å². The highest BCUT2D eigenvalue weighted by Crippen LogP contribution is 2.57. The molecule has 47 heavy (non-hydrogen) atoms. The van der Waals surface area contributed by atoms with Crippen LogP contribution in [0.3, 0.4) is 0 Å². The second-order valence-corrected chi connectivity index (χ2v) is 13.1. The van der Waals surface area contributed by atoms with E-state index in [1.807, 2.05) is 29.2 Å². The number of hydrogen-bond donors (Lipinski definition) is 0. The van der Waals surface area contributed by atoms with Gasteiger partial charge in [-0.25, -0.2) is 0 Å². The van der Waals surface area contributed by atoms with Crippen LogP contribution >= 0.6 is 11.6 Å². The molecule has 0 saturated heterocycles. The summed E-state index contributed by atoms with van der Waals surface area (Å²) in [6, 6.07) is 20.4. The van der Waals surface area contributed by atoms with Crippen LogP contribution in [0.25, 0.3) is 0 Å². The molecule has 0 spiro atoms. The number of hydrogen-bond acceptors (Lipinski definition) is 7. The van der Waals surface area contributed by atoms with Crippen LogP contribution in [-0.4, -0.2) is 55.9 Å². The molecule has 8 nitrogen and oxygen atoms in total. The van der Waals surface area contributed by atoms with Crippen molar-refractivity contribution >= 4 is 17.5 Å². The van der Waals surface area contributed by atoms with Gasteiger partial charge in [0.25, 0.3) is 0 Å². The van der Waals surface area contributed by atoms with Gasteiger partial charge in [-0.2, -0.15) is 0 Å². The fourth-order valence-electron chi connectivity index (χ4n) is 7.57. The van der Waals surface area contributed by atoms with Crippen molar-refractivity contribution in [1.82, 2.24) is 9.80 Å². The summed E-state index contributed by atoms with van der Waals surface area (Å²) < 4.78 is 31.6. The van der Waals surface area contributed by atoms with Crippen LogP contribution in [0, 0.1) is 0 Å². The molecule has 4 aromatic carbocycles. The minimum atomic E-state index is -0.293. The summed E-state index contributed by atoms with van der Waals surface area (Å²) in [7, 11) is 5.49. The first kappa shape index (κ1) is 30.0. The predicted molar refractivity (Wildman–Crippen MR) is 179 cm³/mol. The number of carbonyl (C=O) groups excluding carboxylic acids is 1. The van der Waals surface area contributed by atoms with Gasteiger partial charge in [0.1, 0.15) is 5.75 Å². The molecule has 1 unspecified atom stereocenters. The first-order valence-corrected chi connectivity index (χ1v) is 16.7. The number of rotatable bonds is 4. The number of amides is 1. The summed E-state index contributed by atoms with van der Waals surface area (Å²) in [6.45, 7) is 1.50. The SMILES string of the molecule is COc1ccc2cc1Oc1ccc(cc1)CC1c3c(cc(OC)c4c3Oc3cc5c(cc3O4)CCN(C)[C@H]5C2)CCN1C(=O)CCCl. The molecule has 7 bridgehead atoms. The van der Waals surface area contributed by atoms with Gasteiger partial charge in [0.05, 0.1) is 20.3 Å². The molecular weight excluding hydrogens is 616 g/mol. The van der Waals surface area contributed by atoms with E-state index in [0.717, 1.165) is 41.6 Å². The molecule has 5 aliphatic rings. The third kappa shape index (κ3) is 5.24. The van der Waals surface area contributed by atoms with Gasteiger partial charge in [-0.05, 0) is 103 Å². The van der Waals surface area contributed by atoms with Crippen molar-refractivity contribution in [3.05, 3.63) is 94.0 Å². The fraction of sp³-hybridized carbons (Fsp3) is 0.342. The van der Waals surface area contributed by atoms with Gasteiger partial charge >= 0.3 is 0 Å². The second kappa shape index (κ2) is 12.0. The highest BCUT2D eigenvalue weighted by Gasteiger charge is 2.39. The second-order valence-electron chi connectivity index (χ2n) is 12.7. The van der Waals surface area contributed by atoms with Crippen LogP contribution in [-0.2, 0) is 30.5 Å². The zero-order valence-corrected chi connectivity index (χ0v) is 27.6. The zero-order chi connectivity index (χ0) is 32.2. The Labute approximate surface area is 279 Å². The molecule has 0 fully saturated rings. The molecule has 5 aliphatic heterocycles. The first-order chi connectivity index (χ1) is 22.9. The van der Waals surface area contributed by atoms with Crippen molar-refractivity contribution < 1.29 is 28.5 Å². The maximum Gasteiger partial charge on any atom is 0.224 e. The molecule has 0 radical (unpaired) electrons. The van der Waals surface area contributed by atoms with E-state index in [4.69, 9.17) is 35.3 Å². The molecule has 242 valence electrons. The van der Waals surface area contributed by atoms with E-state index in [1.54, 1.807) is 14.2 Å². The van der Waals surface area contributed by atoms with E-state index in [2.05, 4.69) is 48.3 Å². The molecule has 9 rings (SSSR count). The Morgan fingerprint density at radius 3 is 2.30 bits per heavy atom. The van der Waals surface area contributed by atoms with Crippen LogP contribution in [0.4, 0.5) is 0 Å². The molecule has 9 heteroatoms. The van der Waals surface area contributed by atoms with Crippen LogP contribution in [0.5, 0.6) is 46.0 Å². The van der Waals surface area contributed by atoms with Crippen molar-refractivity contribution in [3.8, 4) is 46.0 Å². The van der Waals surface area contributed by atoms with Crippen molar-refractivity contribution in [2.75, 3.05) is 40.2 Å². The third-order valence-corrected chi connectivity index (χ3v) is 10.2. The molecular formula is C38H37ClN2O6. The predicted octanol–water partition coefficient (Wildman–Crippen LogP) is 7.78. The highest BCUT2D eigenvalue weighted by atomic mass is 35.5. The lowest BCUT2D eigenvalue weighted by molar-refractivity contribution is -0.133. The minimum absolute atomic E-state index is 0.0198. The van der Waals surface area contributed by atoms with Crippen molar-refractivity contribution in [3.63, 3.8) is 0 Å². The molecule has 0 N–H and O–H groups in total. The maximum atomic E-state index is 13.6. The van der Waals surface area contributed by atoms with Gasteiger partial charge in [0.2, 0.25) is 11.7 Å². The van der Waals surface area contributed by atoms with E-state index < -0.39 is 0 Å². The van der Waals surface area contributed by atoms with Gasteiger partial charge in [0.15, 0.2) is 34.5 Å². The number of ether oxygens (including phenoxy) is 5. The number of benzene rings is 4. The Bertz CT molecular complexity index is 1880. The number of fused-ring (bicyclic) bond motifs is 2. The van der Waals surface area contributed by atoms with Gasteiger partial charge in [-0.15, -0.1) is 11.6 Å². The molecule has 0 aromatic heterocycles. The average Bonchev–Trinajstić information content (AvgIpc) is 3.08. The molecule has 0 saturated carbocycles. The monoisotopic (exact) mass is 652 g/mol. The van der Waals surface area contributed by atoms with Gasteiger partial charge in [-0.1, -0.05) is 18.2 Å². The maximum absolute atomic E-state index is 13.6. The summed E-state index contributed by atoms with van der Waals surface area (Å²) in [5.41, 5.74) is 6.70. The quantitative estimate of drug-likeness (QED) is 0.184. The number of alkyl halides is 1. The van der Waals surface area contributed by atoms with Crippen LogP contribution in [0.15, 0.2) is 60.7 Å². The number of carbonyl (C=O) groups is 1. The van der Waals surface area contributed by atoms with Gasteiger partial charge < -0.3 is 28.6 Å². The molecule has 0 aliphatic carbocycles. The smallest absolute Gasteiger partial charge is 0.224 e. The molecule has 2 atom stereocenters. The molecule has 5 heterocycles. The number of halogens is 1. The highest BCUT2D eigenvalue weighted by molar-refractivity contribution is 6.18. The van der Waals surface area contributed by atoms with Gasteiger partial charge in [-0.3, -0.25) is 9.69 Å². The fourth-order valence-corrected chi connectivity index (χ4v) is 7.73. The van der Waals surface area contributed by atoms with E-state index >= 15 is 0 Å². The lowest BCUT2D eigenvalue weighted by atomic mass is 9.86. The Kier molecular flexibility index (Phi) is 7.65. The van der Waals surface area contributed by atoms with Crippen molar-refractivity contribution in [1.29, 1.82) is 0 Å². The number of nitrogens with zero attached hydrogens (tertiary/aromatic N) is 2. The summed E-state index contributed by atoms with van der Waals surface area (Å²) in [6.07, 6.45) is 3.19. The minimum Gasteiger partial charge on any atom is -0.493 e. The van der Waals surface area contributed by atoms with Crippen LogP contribution < -0.4 is 23.7 Å². The van der Waals surface area contributed by atoms with Gasteiger partial charge in [0, 0.05) is 37.0 Å². The zero-order valence-electron chi connectivity index (χ0n) is 26.8. The summed E-state index contributed by atoms with van der Waals surface area (Å²) in [4.78, 5) is 17.9. The lowest BCUT2D eigenvalue weighted by Crippen LogP contribution is -2.41. The Morgan fingerprint density at radius 1 is 0.787 bits per heavy atom. The number of methoxy groups -OCH3 is 2. The van der Waals surface area contributed by atoms with Crippen molar-refractivity contribution in [2.45, 2.75) is 44.2 Å². The summed E-state index contributed by atoms with van der Waals surface area (Å²) in [5, 5.41) is 0. The van der Waals surface area contributed by atoms with E-state index in [-0.39, 0.29) is 30.3 Å². The standard InChI is InChI=1S/C38H37ClN2O6/c1-40-14-11-24-19-32-33-21-27(24)28(40)17-23-6-9-30(43-2)31(18-23)45-26-7-4-22(5-8-26)16-29-36-25(12-15-41(29)35(42)10-13-39)20-34(44-3)37(46-32)38(36)47-33/h4-9,18-21,28-29H,10-17H2,1-3H3/t28-,29?/m0/s1. The Balaban J connectivity index is 1.33. The first-order valence-electron chi connectivity index (χ1n) is 16.2.